The molecule has 2 N–H and O–H groups in total. The molecule has 2 aromatic rings. The molecule has 5 nitrogen and oxygen atoms in total. The summed E-state index contributed by atoms with van der Waals surface area (Å²) in [5, 5.41) is 4.01. The van der Waals surface area contributed by atoms with Crippen molar-refractivity contribution in [2.45, 2.75) is 26.9 Å². The second-order valence-corrected chi connectivity index (χ2v) is 4.66. The lowest BCUT2D eigenvalue weighted by molar-refractivity contribution is 0.0217. The molecule has 0 aliphatic rings. The summed E-state index contributed by atoms with van der Waals surface area (Å²) in [6, 6.07) is 7.42. The summed E-state index contributed by atoms with van der Waals surface area (Å²) in [6.07, 6.45) is -0.160. The van der Waals surface area contributed by atoms with Crippen LogP contribution in [-0.4, -0.2) is 16.7 Å². The van der Waals surface area contributed by atoms with E-state index in [0.717, 1.165) is 5.56 Å². The van der Waals surface area contributed by atoms with Gasteiger partial charge in [0.05, 0.1) is 5.56 Å². The summed E-state index contributed by atoms with van der Waals surface area (Å²) in [7, 11) is 0. The highest BCUT2D eigenvalue weighted by atomic mass is 16.5. The molecule has 0 fully saturated rings. The molecule has 1 heterocycles. The van der Waals surface area contributed by atoms with Crippen LogP contribution in [0.15, 0.2) is 28.8 Å². The normalized spacial score (nSPS) is 12.8. The molecule has 0 radical (unpaired) electrons. The van der Waals surface area contributed by atoms with Crippen molar-refractivity contribution in [1.29, 1.82) is 0 Å². The molecule has 102 valence electrons. The fourth-order valence-electron chi connectivity index (χ4n) is 1.90. The van der Waals surface area contributed by atoms with Crippen LogP contribution in [0.4, 0.5) is 5.69 Å². The van der Waals surface area contributed by atoms with Crippen LogP contribution in [0, 0.1) is 5.92 Å². The number of hydrogen-bond donors (Lipinski definition) is 1. The Labute approximate surface area is 112 Å². The van der Waals surface area contributed by atoms with E-state index >= 15 is 0 Å². The molecule has 0 aliphatic heterocycles. The van der Waals surface area contributed by atoms with E-state index in [0.29, 0.717) is 24.0 Å². The van der Waals surface area contributed by atoms with Gasteiger partial charge in [0.1, 0.15) is 6.10 Å². The molecule has 0 aliphatic carbocycles. The quantitative estimate of drug-likeness (QED) is 0.837. The van der Waals surface area contributed by atoms with E-state index in [9.17, 15) is 0 Å². The molecule has 1 aromatic heterocycles. The molecule has 2 rings (SSSR count). The van der Waals surface area contributed by atoms with E-state index in [2.05, 4.69) is 24.0 Å². The number of nitrogens with zero attached hydrogens (tertiary/aromatic N) is 2. The molecule has 0 saturated carbocycles. The van der Waals surface area contributed by atoms with Crippen LogP contribution < -0.4 is 5.73 Å². The number of aromatic nitrogens is 2. The molecule has 19 heavy (non-hydrogen) atoms. The molecule has 0 bridgehead atoms. The predicted molar refractivity (Wildman–Crippen MR) is 73.4 cm³/mol. The van der Waals surface area contributed by atoms with Crippen LogP contribution in [0.5, 0.6) is 0 Å². The molecule has 1 atom stereocenters. The van der Waals surface area contributed by atoms with E-state index < -0.39 is 0 Å². The monoisotopic (exact) mass is 261 g/mol. The Morgan fingerprint density at radius 3 is 2.68 bits per heavy atom. The third-order valence-corrected chi connectivity index (χ3v) is 2.84. The zero-order valence-corrected chi connectivity index (χ0v) is 11.5. The van der Waals surface area contributed by atoms with E-state index in [-0.39, 0.29) is 12.0 Å². The van der Waals surface area contributed by atoms with Gasteiger partial charge in [-0.1, -0.05) is 31.1 Å². The molecule has 0 spiro atoms. The molecule has 1 aromatic carbocycles. The smallest absolute Gasteiger partial charge is 0.260 e. The third-order valence-electron chi connectivity index (χ3n) is 2.84. The van der Waals surface area contributed by atoms with Gasteiger partial charge in [-0.25, -0.2) is 0 Å². The Morgan fingerprint density at radius 2 is 2.05 bits per heavy atom. The molecular formula is C14H19N3O2. The van der Waals surface area contributed by atoms with Crippen LogP contribution in [0.2, 0.25) is 0 Å². The fourth-order valence-corrected chi connectivity index (χ4v) is 1.90. The second kappa shape index (κ2) is 5.84. The first-order valence-electron chi connectivity index (χ1n) is 6.43. The standard InChI is InChI=1S/C14H19N3O2/c1-4-18-12(9(2)3)13-16-14(19-17-13)10-7-5-6-8-11(10)15/h5-9,12H,4,15H2,1-3H3. The van der Waals surface area contributed by atoms with Crippen LogP contribution in [0.25, 0.3) is 11.5 Å². The average molecular weight is 261 g/mol. The van der Waals surface area contributed by atoms with Crippen LogP contribution in [-0.2, 0) is 4.74 Å². The number of ether oxygens (including phenoxy) is 1. The van der Waals surface area contributed by atoms with Gasteiger partial charge in [0.15, 0.2) is 0 Å². The largest absolute Gasteiger partial charge is 0.398 e. The third kappa shape index (κ3) is 2.93. The lowest BCUT2D eigenvalue weighted by atomic mass is 10.1. The summed E-state index contributed by atoms with van der Waals surface area (Å²) in [5.74, 6) is 1.27. The van der Waals surface area contributed by atoms with Gasteiger partial charge in [-0.05, 0) is 25.0 Å². The van der Waals surface area contributed by atoms with Gasteiger partial charge in [-0.15, -0.1) is 0 Å². The zero-order valence-electron chi connectivity index (χ0n) is 11.5. The summed E-state index contributed by atoms with van der Waals surface area (Å²) in [6.45, 7) is 6.69. The van der Waals surface area contributed by atoms with Crippen LogP contribution >= 0.6 is 0 Å². The molecule has 0 amide bonds. The van der Waals surface area contributed by atoms with Gasteiger partial charge in [-0.3, -0.25) is 0 Å². The highest BCUT2D eigenvalue weighted by Gasteiger charge is 2.23. The number of para-hydroxylation sites is 1. The van der Waals surface area contributed by atoms with Gasteiger partial charge >= 0.3 is 0 Å². The maximum absolute atomic E-state index is 5.90. The topological polar surface area (TPSA) is 74.2 Å². The van der Waals surface area contributed by atoms with Gasteiger partial charge in [0.25, 0.3) is 5.89 Å². The van der Waals surface area contributed by atoms with Crippen molar-refractivity contribution < 1.29 is 9.26 Å². The van der Waals surface area contributed by atoms with E-state index in [1.807, 2.05) is 31.2 Å². The van der Waals surface area contributed by atoms with Crippen molar-refractivity contribution in [3.8, 4) is 11.5 Å². The molecule has 1 unspecified atom stereocenters. The summed E-state index contributed by atoms with van der Waals surface area (Å²) >= 11 is 0. The highest BCUT2D eigenvalue weighted by molar-refractivity contribution is 5.69. The molecule has 5 heteroatoms. The van der Waals surface area contributed by atoms with Crippen molar-refractivity contribution >= 4 is 5.69 Å². The van der Waals surface area contributed by atoms with Gasteiger partial charge in [-0.2, -0.15) is 4.98 Å². The van der Waals surface area contributed by atoms with Crippen molar-refractivity contribution in [3.05, 3.63) is 30.1 Å². The van der Waals surface area contributed by atoms with Gasteiger partial charge in [0.2, 0.25) is 5.82 Å². The van der Waals surface area contributed by atoms with Crippen molar-refractivity contribution in [3.63, 3.8) is 0 Å². The second-order valence-electron chi connectivity index (χ2n) is 4.66. The van der Waals surface area contributed by atoms with Gasteiger partial charge in [0, 0.05) is 12.3 Å². The first-order valence-corrected chi connectivity index (χ1v) is 6.43. The van der Waals surface area contributed by atoms with Crippen molar-refractivity contribution in [2.24, 2.45) is 5.92 Å². The number of anilines is 1. The van der Waals surface area contributed by atoms with Crippen molar-refractivity contribution in [1.82, 2.24) is 10.1 Å². The summed E-state index contributed by atoms with van der Waals surface area (Å²) in [4.78, 5) is 4.40. The Kier molecular flexibility index (Phi) is 4.16. The highest BCUT2D eigenvalue weighted by Crippen LogP contribution is 2.28. The van der Waals surface area contributed by atoms with E-state index in [1.54, 1.807) is 0 Å². The SMILES string of the molecule is CCOC(c1noc(-c2ccccc2N)n1)C(C)C. The number of rotatable bonds is 5. The number of nitrogen functional groups attached to an aromatic ring is 1. The fraction of sp³-hybridized carbons (Fsp3) is 0.429. The summed E-state index contributed by atoms with van der Waals surface area (Å²) < 4.78 is 10.9. The Balaban J connectivity index is 2.30. The predicted octanol–water partition coefficient (Wildman–Crippen LogP) is 3.05. The lowest BCUT2D eigenvalue weighted by Gasteiger charge is -2.16. The van der Waals surface area contributed by atoms with Crippen LogP contribution in [0.1, 0.15) is 32.7 Å². The first kappa shape index (κ1) is 13.5. The van der Waals surface area contributed by atoms with Crippen molar-refractivity contribution in [2.75, 3.05) is 12.3 Å². The summed E-state index contributed by atoms with van der Waals surface area (Å²) in [5.41, 5.74) is 7.27. The average Bonchev–Trinajstić information content (AvgIpc) is 2.85. The Morgan fingerprint density at radius 1 is 1.32 bits per heavy atom. The molecule has 0 saturated heterocycles. The van der Waals surface area contributed by atoms with E-state index in [4.69, 9.17) is 15.0 Å². The zero-order chi connectivity index (χ0) is 13.8. The Hall–Kier alpha value is -1.88. The molecular weight excluding hydrogens is 242 g/mol. The lowest BCUT2D eigenvalue weighted by Crippen LogP contribution is -2.12. The first-order chi connectivity index (χ1) is 9.13. The number of hydrogen-bond acceptors (Lipinski definition) is 5. The van der Waals surface area contributed by atoms with Gasteiger partial charge < -0.3 is 15.0 Å². The maximum atomic E-state index is 5.90. The minimum atomic E-state index is -0.160. The van der Waals surface area contributed by atoms with Crippen LogP contribution in [0.3, 0.4) is 0 Å². The maximum Gasteiger partial charge on any atom is 0.260 e. The Bertz CT molecular complexity index is 537. The minimum Gasteiger partial charge on any atom is -0.398 e. The minimum absolute atomic E-state index is 0.160. The van der Waals surface area contributed by atoms with E-state index in [1.165, 1.54) is 0 Å². The number of nitrogens with two attached hydrogens (primary N) is 1. The number of benzene rings is 1.